The number of halogens is 3. The second-order valence-corrected chi connectivity index (χ2v) is 10.5. The van der Waals surface area contributed by atoms with Crippen LogP contribution in [0.2, 0.25) is 0 Å². The maximum atomic E-state index is 14.2. The van der Waals surface area contributed by atoms with Crippen LogP contribution in [0.25, 0.3) is 11.8 Å². The molecule has 5 rings (SSSR count). The normalized spacial score (nSPS) is 20.3. The molecule has 2 fully saturated rings. The number of benzene rings is 2. The largest absolute Gasteiger partial charge is 0.495 e. The van der Waals surface area contributed by atoms with Crippen molar-refractivity contribution in [2.45, 2.75) is 44.8 Å². The number of piperidine rings is 2. The number of hydrogen-bond donors (Lipinski definition) is 2. The highest BCUT2D eigenvalue weighted by molar-refractivity contribution is 6.04. The van der Waals surface area contributed by atoms with E-state index in [0.29, 0.717) is 29.9 Å². The number of nitrogens with one attached hydrogen (secondary N) is 1. The molecule has 2 aromatic carbocycles. The number of imide groups is 1. The molecule has 1 atom stereocenters. The number of carbonyl (C=O) groups is 3. The van der Waals surface area contributed by atoms with Crippen molar-refractivity contribution >= 4 is 23.9 Å². The monoisotopic (exact) mass is 599 g/mol. The minimum Gasteiger partial charge on any atom is -0.495 e. The number of imidazole rings is 1. The molecule has 9 nitrogen and oxygen atoms in total. The average Bonchev–Trinajstić information content (AvgIpc) is 3.44. The van der Waals surface area contributed by atoms with Crippen molar-refractivity contribution in [1.82, 2.24) is 14.9 Å². The summed E-state index contributed by atoms with van der Waals surface area (Å²) in [5.41, 5.74) is 4.00. The molecule has 2 amide bonds. The molecule has 1 unspecified atom stereocenters. The third-order valence-corrected chi connectivity index (χ3v) is 7.69. The maximum Gasteiger partial charge on any atom is 0.490 e. The number of nitrogens with zero attached hydrogens (tertiary/aromatic N) is 3. The van der Waals surface area contributed by atoms with Crippen molar-refractivity contribution in [1.29, 1.82) is 0 Å². The number of hydrogen-bond acceptors (Lipinski definition) is 6. The summed E-state index contributed by atoms with van der Waals surface area (Å²) in [5, 5.41) is 10.5. The van der Waals surface area contributed by atoms with Crippen LogP contribution in [0.4, 0.5) is 13.2 Å². The fraction of sp³-hybridized carbons (Fsp3) is 0.355. The molecule has 0 aliphatic carbocycles. The highest BCUT2D eigenvalue weighted by Gasteiger charge is 2.53. The van der Waals surface area contributed by atoms with Gasteiger partial charge in [-0.2, -0.15) is 17.7 Å². The SMILES string of the molecule is COc1cc(/C=C2\CCC[N+](C(=O)c3ccccc3)(C3CCNCC3)C2=O)ccc1-n1cnc(C)c1.O=C(O)C(F)(F)F. The fourth-order valence-electron chi connectivity index (χ4n) is 5.64. The number of quaternary nitrogens is 1. The van der Waals surface area contributed by atoms with Crippen LogP contribution in [-0.2, 0) is 9.59 Å². The Labute approximate surface area is 247 Å². The lowest BCUT2D eigenvalue weighted by Crippen LogP contribution is -2.67. The number of carboxylic acids is 1. The molecular weight excluding hydrogens is 565 g/mol. The van der Waals surface area contributed by atoms with Crippen LogP contribution in [0.3, 0.4) is 0 Å². The van der Waals surface area contributed by atoms with Gasteiger partial charge < -0.3 is 19.7 Å². The van der Waals surface area contributed by atoms with Crippen LogP contribution in [0.15, 0.2) is 66.6 Å². The highest BCUT2D eigenvalue weighted by Crippen LogP contribution is 2.35. The molecule has 3 heterocycles. The number of carbonyl (C=O) groups excluding carboxylic acids is 2. The fourth-order valence-corrected chi connectivity index (χ4v) is 5.64. The van der Waals surface area contributed by atoms with Crippen molar-refractivity contribution in [2.75, 3.05) is 26.7 Å². The Bertz CT molecular complexity index is 1500. The van der Waals surface area contributed by atoms with Gasteiger partial charge in [0.2, 0.25) is 0 Å². The maximum absolute atomic E-state index is 14.2. The van der Waals surface area contributed by atoms with Crippen molar-refractivity contribution in [3.63, 3.8) is 0 Å². The van der Waals surface area contributed by atoms with Gasteiger partial charge in [0.25, 0.3) is 0 Å². The molecule has 43 heavy (non-hydrogen) atoms. The molecule has 12 heteroatoms. The predicted octanol–water partition coefficient (Wildman–Crippen LogP) is 4.94. The number of methoxy groups -OCH3 is 1. The summed E-state index contributed by atoms with van der Waals surface area (Å²) >= 11 is 0. The predicted molar refractivity (Wildman–Crippen MR) is 153 cm³/mol. The van der Waals surface area contributed by atoms with Crippen molar-refractivity contribution < 1.29 is 41.9 Å². The van der Waals surface area contributed by atoms with E-state index in [-0.39, 0.29) is 22.3 Å². The van der Waals surface area contributed by atoms with E-state index in [4.69, 9.17) is 14.6 Å². The van der Waals surface area contributed by atoms with E-state index in [2.05, 4.69) is 10.3 Å². The number of alkyl halides is 3. The third kappa shape index (κ3) is 7.03. The quantitative estimate of drug-likeness (QED) is 0.243. The van der Waals surface area contributed by atoms with Gasteiger partial charge in [-0.05, 0) is 49.2 Å². The van der Waals surface area contributed by atoms with Gasteiger partial charge in [0.05, 0.1) is 42.5 Å². The standard InChI is InChI=1S/C29H33N4O3.C2HF3O2/c1-21-19-32(20-31-21)26-11-10-22(18-27(26)36-2)17-24-9-6-16-33(29(24)35,25-12-14-30-15-13-25)28(34)23-7-4-3-5-8-23;3-2(4,5)1(6)7/h3-5,7-8,10-11,17-20,25,30H,6,9,12-16H2,1-2H3;(H,6,7)/q+1;/b24-17+;. The van der Waals surface area contributed by atoms with E-state index >= 15 is 0 Å². The van der Waals surface area contributed by atoms with Crippen molar-refractivity contribution in [3.05, 3.63) is 83.4 Å². The summed E-state index contributed by atoms with van der Waals surface area (Å²) in [6, 6.07) is 15.2. The molecule has 3 aromatic rings. The van der Waals surface area contributed by atoms with Crippen LogP contribution < -0.4 is 10.1 Å². The van der Waals surface area contributed by atoms with Gasteiger partial charge in [0.15, 0.2) is 0 Å². The molecule has 2 N–H and O–H groups in total. The minimum atomic E-state index is -5.08. The number of rotatable bonds is 5. The first-order valence-electron chi connectivity index (χ1n) is 13.9. The van der Waals surface area contributed by atoms with Gasteiger partial charge >= 0.3 is 24.0 Å². The molecule has 2 aliphatic heterocycles. The van der Waals surface area contributed by atoms with E-state index in [1.165, 1.54) is 0 Å². The number of aliphatic carboxylic acids is 1. The van der Waals surface area contributed by atoms with Crippen LogP contribution in [0, 0.1) is 6.92 Å². The van der Waals surface area contributed by atoms with Gasteiger partial charge in [0, 0.05) is 38.5 Å². The zero-order valence-corrected chi connectivity index (χ0v) is 23.9. The topological polar surface area (TPSA) is 111 Å². The van der Waals surface area contributed by atoms with Crippen LogP contribution in [0.1, 0.15) is 47.3 Å². The summed E-state index contributed by atoms with van der Waals surface area (Å²) in [6.45, 7) is 4.15. The van der Waals surface area contributed by atoms with E-state index in [9.17, 15) is 22.8 Å². The van der Waals surface area contributed by atoms with E-state index in [0.717, 1.165) is 49.3 Å². The smallest absolute Gasteiger partial charge is 0.490 e. The first-order valence-corrected chi connectivity index (χ1v) is 13.9. The lowest BCUT2D eigenvalue weighted by Gasteiger charge is -2.44. The van der Waals surface area contributed by atoms with Gasteiger partial charge in [0.1, 0.15) is 11.8 Å². The van der Waals surface area contributed by atoms with E-state index in [1.807, 2.05) is 72.3 Å². The Morgan fingerprint density at radius 3 is 2.40 bits per heavy atom. The van der Waals surface area contributed by atoms with Crippen molar-refractivity contribution in [2.24, 2.45) is 0 Å². The zero-order valence-electron chi connectivity index (χ0n) is 23.9. The number of aromatic nitrogens is 2. The molecule has 1 aromatic heterocycles. The second-order valence-electron chi connectivity index (χ2n) is 10.5. The Hall–Kier alpha value is -4.29. The summed E-state index contributed by atoms with van der Waals surface area (Å²) < 4.78 is 39.2. The van der Waals surface area contributed by atoms with Gasteiger partial charge in [-0.3, -0.25) is 0 Å². The zero-order chi connectivity index (χ0) is 31.2. The summed E-state index contributed by atoms with van der Waals surface area (Å²) in [5.74, 6) is -2.20. The molecule has 0 spiro atoms. The van der Waals surface area contributed by atoms with E-state index < -0.39 is 12.1 Å². The Kier molecular flexibility index (Phi) is 9.82. The lowest BCUT2D eigenvalue weighted by atomic mass is 9.91. The van der Waals surface area contributed by atoms with E-state index in [1.54, 1.807) is 13.4 Å². The number of likely N-dealkylation sites (tertiary alicyclic amines) is 1. The molecule has 0 saturated carbocycles. The number of carboxylic acid groups (broad SMARTS) is 1. The Balaban J connectivity index is 0.000000541. The Morgan fingerprint density at radius 1 is 1.14 bits per heavy atom. The third-order valence-electron chi connectivity index (χ3n) is 7.69. The molecule has 0 bridgehead atoms. The van der Waals surface area contributed by atoms with Gasteiger partial charge in [-0.1, -0.05) is 24.3 Å². The minimum absolute atomic E-state index is 0.0171. The second kappa shape index (κ2) is 13.3. The van der Waals surface area contributed by atoms with Crippen LogP contribution >= 0.6 is 0 Å². The van der Waals surface area contributed by atoms with Crippen molar-refractivity contribution in [3.8, 4) is 11.4 Å². The van der Waals surface area contributed by atoms with Gasteiger partial charge in [-0.15, -0.1) is 0 Å². The molecular formula is C31H34F3N4O5+. The Morgan fingerprint density at radius 2 is 1.81 bits per heavy atom. The molecule has 2 aliphatic rings. The number of amides is 2. The summed E-state index contributed by atoms with van der Waals surface area (Å²) in [4.78, 5) is 41.4. The molecule has 0 radical (unpaired) electrons. The average molecular weight is 600 g/mol. The van der Waals surface area contributed by atoms with Crippen LogP contribution in [-0.4, -0.2) is 75.9 Å². The first-order chi connectivity index (χ1) is 20.5. The summed E-state index contributed by atoms with van der Waals surface area (Å²) in [7, 11) is 1.64. The lowest BCUT2D eigenvalue weighted by molar-refractivity contribution is -0.802. The molecule has 228 valence electrons. The summed E-state index contributed by atoms with van der Waals surface area (Å²) in [6.07, 6.45) is 3.64. The number of ether oxygens (including phenoxy) is 1. The highest BCUT2D eigenvalue weighted by atomic mass is 19.4. The number of aryl methyl sites for hydroxylation is 1. The van der Waals surface area contributed by atoms with Crippen LogP contribution in [0.5, 0.6) is 5.75 Å². The van der Waals surface area contributed by atoms with Gasteiger partial charge in [-0.25, -0.2) is 19.4 Å². The molecule has 2 saturated heterocycles. The first kappa shape index (κ1) is 31.6.